The number of hydrogen-bond donors (Lipinski definition) is 2. The van der Waals surface area contributed by atoms with Crippen LogP contribution in [-0.2, 0) is 11.2 Å². The van der Waals surface area contributed by atoms with E-state index in [1.54, 1.807) is 18.4 Å². The lowest BCUT2D eigenvalue weighted by Gasteiger charge is -2.24. The summed E-state index contributed by atoms with van der Waals surface area (Å²) in [4.78, 5) is 1.31. The first-order valence-corrected chi connectivity index (χ1v) is 7.05. The minimum absolute atomic E-state index is 0.176. The van der Waals surface area contributed by atoms with Crippen LogP contribution in [0.5, 0.6) is 0 Å². The number of methoxy groups -OCH3 is 1. The number of nitrogens with one attached hydrogen (secondary N) is 1. The van der Waals surface area contributed by atoms with E-state index in [2.05, 4.69) is 40.4 Å². The summed E-state index contributed by atoms with van der Waals surface area (Å²) in [7, 11) is 1.75. The van der Waals surface area contributed by atoms with E-state index < -0.39 is 0 Å². The lowest BCUT2D eigenvalue weighted by atomic mass is 10.0. The van der Waals surface area contributed by atoms with Gasteiger partial charge in [0.15, 0.2) is 0 Å². The lowest BCUT2D eigenvalue weighted by molar-refractivity contribution is 0.0611. The summed E-state index contributed by atoms with van der Waals surface area (Å²) in [6.45, 7) is 2.15. The van der Waals surface area contributed by atoms with E-state index in [-0.39, 0.29) is 12.1 Å². The first kappa shape index (κ1) is 14.1. The van der Waals surface area contributed by atoms with Crippen molar-refractivity contribution in [2.75, 3.05) is 7.11 Å². The third kappa shape index (κ3) is 4.14. The van der Waals surface area contributed by atoms with Gasteiger partial charge in [0.2, 0.25) is 0 Å². The molecule has 0 aromatic carbocycles. The van der Waals surface area contributed by atoms with Gasteiger partial charge in [-0.15, -0.1) is 11.3 Å². The topological polar surface area (TPSA) is 47.3 Å². The lowest BCUT2D eigenvalue weighted by Crippen LogP contribution is -2.46. The number of ether oxygens (including phenoxy) is 1. The van der Waals surface area contributed by atoms with Gasteiger partial charge in [0.25, 0.3) is 0 Å². The van der Waals surface area contributed by atoms with E-state index in [0.717, 1.165) is 23.0 Å². The SMILES string of the molecule is CCCC(OC)C(Cc1ccc(Br)s1)NN. The van der Waals surface area contributed by atoms with Crippen LogP contribution in [0.2, 0.25) is 0 Å². The highest BCUT2D eigenvalue weighted by Crippen LogP contribution is 2.24. The van der Waals surface area contributed by atoms with E-state index in [1.807, 2.05) is 0 Å². The fraction of sp³-hybridized carbons (Fsp3) is 0.636. The number of hydrazine groups is 1. The molecule has 1 aromatic rings. The summed E-state index contributed by atoms with van der Waals surface area (Å²) in [5, 5.41) is 0. The molecule has 0 fully saturated rings. The standard InChI is InChI=1S/C11H19BrN2OS/c1-3-4-10(15-2)9(14-13)7-8-5-6-11(12)16-8/h5-6,9-10,14H,3-4,7,13H2,1-2H3. The molecule has 0 spiro atoms. The second kappa shape index (κ2) is 7.40. The fourth-order valence-corrected chi connectivity index (χ4v) is 3.29. The van der Waals surface area contributed by atoms with Crippen LogP contribution in [0.4, 0.5) is 0 Å². The van der Waals surface area contributed by atoms with Crippen LogP contribution in [0, 0.1) is 0 Å². The molecular weight excluding hydrogens is 288 g/mol. The van der Waals surface area contributed by atoms with Gasteiger partial charge in [0.05, 0.1) is 15.9 Å². The zero-order valence-electron chi connectivity index (χ0n) is 9.70. The van der Waals surface area contributed by atoms with Crippen LogP contribution < -0.4 is 11.3 Å². The molecule has 0 saturated heterocycles. The third-order valence-corrected chi connectivity index (χ3v) is 4.23. The van der Waals surface area contributed by atoms with Crippen molar-refractivity contribution in [3.8, 4) is 0 Å². The quantitative estimate of drug-likeness (QED) is 0.601. The molecule has 0 aliphatic carbocycles. The fourth-order valence-electron chi connectivity index (χ4n) is 1.74. The molecule has 16 heavy (non-hydrogen) atoms. The Kier molecular flexibility index (Phi) is 6.53. The predicted octanol–water partition coefficient (Wildman–Crippen LogP) is 2.70. The molecule has 92 valence electrons. The Labute approximate surface area is 109 Å². The number of thiophene rings is 1. The minimum Gasteiger partial charge on any atom is -0.380 e. The van der Waals surface area contributed by atoms with Crippen molar-refractivity contribution >= 4 is 27.3 Å². The summed E-state index contributed by atoms with van der Waals surface area (Å²) in [5.41, 5.74) is 2.86. The molecule has 0 radical (unpaired) electrons. The number of rotatable bonds is 7. The van der Waals surface area contributed by atoms with Gasteiger partial charge in [-0.2, -0.15) is 0 Å². The van der Waals surface area contributed by atoms with Crippen molar-refractivity contribution < 1.29 is 4.74 Å². The van der Waals surface area contributed by atoms with E-state index in [4.69, 9.17) is 10.6 Å². The maximum Gasteiger partial charge on any atom is 0.0741 e. The van der Waals surface area contributed by atoms with E-state index in [0.29, 0.717) is 0 Å². The molecule has 0 aliphatic rings. The van der Waals surface area contributed by atoms with Crippen LogP contribution in [0.15, 0.2) is 15.9 Å². The molecule has 2 unspecified atom stereocenters. The average molecular weight is 307 g/mol. The van der Waals surface area contributed by atoms with Crippen LogP contribution in [0.1, 0.15) is 24.6 Å². The van der Waals surface area contributed by atoms with E-state index >= 15 is 0 Å². The summed E-state index contributed by atoms with van der Waals surface area (Å²) in [6, 6.07) is 4.36. The number of halogens is 1. The summed E-state index contributed by atoms with van der Waals surface area (Å²) in [6.07, 6.45) is 3.21. The first-order valence-electron chi connectivity index (χ1n) is 5.44. The van der Waals surface area contributed by atoms with E-state index in [9.17, 15) is 0 Å². The maximum absolute atomic E-state index is 5.60. The summed E-state index contributed by atoms with van der Waals surface area (Å²) in [5.74, 6) is 5.60. The molecule has 3 nitrogen and oxygen atoms in total. The zero-order valence-corrected chi connectivity index (χ0v) is 12.1. The summed E-state index contributed by atoms with van der Waals surface area (Å²) < 4.78 is 6.63. The highest BCUT2D eigenvalue weighted by atomic mass is 79.9. The largest absolute Gasteiger partial charge is 0.380 e. The average Bonchev–Trinajstić information content (AvgIpc) is 2.69. The highest BCUT2D eigenvalue weighted by Gasteiger charge is 2.20. The molecule has 0 bridgehead atoms. The van der Waals surface area contributed by atoms with Gasteiger partial charge in [0, 0.05) is 18.4 Å². The summed E-state index contributed by atoms with van der Waals surface area (Å²) >= 11 is 5.21. The highest BCUT2D eigenvalue weighted by molar-refractivity contribution is 9.11. The molecule has 2 atom stereocenters. The Morgan fingerprint density at radius 2 is 2.31 bits per heavy atom. The van der Waals surface area contributed by atoms with Gasteiger partial charge in [-0.05, 0) is 34.5 Å². The van der Waals surface area contributed by atoms with Crippen molar-refractivity contribution in [1.29, 1.82) is 0 Å². The van der Waals surface area contributed by atoms with Crippen LogP contribution >= 0.6 is 27.3 Å². The Morgan fingerprint density at radius 1 is 1.56 bits per heavy atom. The van der Waals surface area contributed by atoms with Crippen LogP contribution in [-0.4, -0.2) is 19.3 Å². The van der Waals surface area contributed by atoms with Crippen LogP contribution in [0.25, 0.3) is 0 Å². The van der Waals surface area contributed by atoms with Gasteiger partial charge in [0.1, 0.15) is 0 Å². The van der Waals surface area contributed by atoms with Gasteiger partial charge in [-0.1, -0.05) is 13.3 Å². The van der Waals surface area contributed by atoms with Crippen LogP contribution in [0.3, 0.4) is 0 Å². The normalized spacial score (nSPS) is 15.0. The minimum atomic E-state index is 0.176. The van der Waals surface area contributed by atoms with Gasteiger partial charge in [-0.3, -0.25) is 11.3 Å². The predicted molar refractivity (Wildman–Crippen MR) is 72.5 cm³/mol. The molecule has 1 aromatic heterocycles. The zero-order chi connectivity index (χ0) is 12.0. The van der Waals surface area contributed by atoms with E-state index in [1.165, 1.54) is 4.88 Å². The van der Waals surface area contributed by atoms with Gasteiger partial charge < -0.3 is 4.74 Å². The smallest absolute Gasteiger partial charge is 0.0741 e. The van der Waals surface area contributed by atoms with Crippen molar-refractivity contribution in [1.82, 2.24) is 5.43 Å². The Balaban J connectivity index is 2.59. The maximum atomic E-state index is 5.60. The molecule has 0 aliphatic heterocycles. The Morgan fingerprint density at radius 3 is 2.75 bits per heavy atom. The van der Waals surface area contributed by atoms with Crippen molar-refractivity contribution in [2.45, 2.75) is 38.3 Å². The van der Waals surface area contributed by atoms with Gasteiger partial charge >= 0.3 is 0 Å². The first-order chi connectivity index (χ1) is 7.71. The third-order valence-electron chi connectivity index (χ3n) is 2.59. The number of hydrogen-bond acceptors (Lipinski definition) is 4. The Bertz CT molecular complexity index is 306. The molecule has 0 amide bonds. The monoisotopic (exact) mass is 306 g/mol. The molecule has 5 heteroatoms. The second-order valence-corrected chi connectivity index (χ2v) is 6.29. The Hall–Kier alpha value is 0.0600. The molecular formula is C11H19BrN2OS. The second-order valence-electron chi connectivity index (χ2n) is 3.75. The number of nitrogens with two attached hydrogens (primary N) is 1. The molecule has 3 N–H and O–H groups in total. The molecule has 1 rings (SSSR count). The molecule has 0 saturated carbocycles. The van der Waals surface area contributed by atoms with Crippen molar-refractivity contribution in [3.63, 3.8) is 0 Å². The van der Waals surface area contributed by atoms with Crippen molar-refractivity contribution in [3.05, 3.63) is 20.8 Å². The van der Waals surface area contributed by atoms with Crippen molar-refractivity contribution in [2.24, 2.45) is 5.84 Å². The van der Waals surface area contributed by atoms with Gasteiger partial charge in [-0.25, -0.2) is 0 Å². The molecule has 1 heterocycles.